The van der Waals surface area contributed by atoms with Gasteiger partial charge in [0.2, 0.25) is 0 Å². The molecule has 3 heterocycles. The number of fused-ring (bicyclic) bond motifs is 1. The zero-order valence-electron chi connectivity index (χ0n) is 13.8. The highest BCUT2D eigenvalue weighted by molar-refractivity contribution is 6.44. The number of primary amides is 1. The number of nitrogens with two attached hydrogens (primary N) is 1. The topological polar surface area (TPSA) is 122 Å². The van der Waals surface area contributed by atoms with Crippen LogP contribution in [-0.4, -0.2) is 37.3 Å². The Hall–Kier alpha value is -3.49. The maximum absolute atomic E-state index is 11.5. The Bertz CT molecular complexity index is 892. The van der Waals surface area contributed by atoms with Gasteiger partial charge in [-0.15, -0.1) is 5.10 Å². The molecule has 0 fully saturated rings. The van der Waals surface area contributed by atoms with Crippen LogP contribution in [0.15, 0.2) is 41.5 Å². The lowest BCUT2D eigenvalue weighted by Crippen LogP contribution is -2.22. The molecule has 0 unspecified atom stereocenters. The number of anilines is 1. The number of hydrazone groups is 1. The summed E-state index contributed by atoms with van der Waals surface area (Å²) in [6, 6.07) is 10.9. The van der Waals surface area contributed by atoms with E-state index in [0.717, 1.165) is 17.2 Å². The first-order chi connectivity index (χ1) is 11.9. The molecule has 0 atom stereocenters. The number of amides is 2. The predicted octanol–water partition coefficient (Wildman–Crippen LogP) is 0.939. The Balaban J connectivity index is 0.000000157. The molecule has 1 aromatic carbocycles. The van der Waals surface area contributed by atoms with Crippen molar-refractivity contribution in [3.8, 4) is 0 Å². The van der Waals surface area contributed by atoms with Gasteiger partial charge in [0.05, 0.1) is 12.1 Å². The number of rotatable bonds is 2. The SMILES string of the molecule is Cc1nc2cc(C)[nH]n2n1.NC(=O)C1=NN(c2ccccc2)C(=O)C1. The van der Waals surface area contributed by atoms with E-state index in [2.05, 4.69) is 20.3 Å². The number of aromatic amines is 1. The van der Waals surface area contributed by atoms with Crippen LogP contribution >= 0.6 is 0 Å². The molecule has 25 heavy (non-hydrogen) atoms. The van der Waals surface area contributed by atoms with E-state index in [4.69, 9.17) is 5.73 Å². The summed E-state index contributed by atoms with van der Waals surface area (Å²) in [5.41, 5.74) is 7.75. The molecule has 0 bridgehead atoms. The molecule has 4 rings (SSSR count). The van der Waals surface area contributed by atoms with Gasteiger partial charge in [0.15, 0.2) is 5.65 Å². The number of aromatic nitrogens is 4. The average molecular weight is 339 g/mol. The third-order valence-electron chi connectivity index (χ3n) is 3.43. The molecule has 0 radical (unpaired) electrons. The zero-order chi connectivity index (χ0) is 18.0. The van der Waals surface area contributed by atoms with Gasteiger partial charge in [-0.05, 0) is 26.0 Å². The van der Waals surface area contributed by atoms with Crippen molar-refractivity contribution in [1.82, 2.24) is 19.8 Å². The van der Waals surface area contributed by atoms with Crippen molar-refractivity contribution < 1.29 is 9.59 Å². The number of carbonyl (C=O) groups is 2. The lowest BCUT2D eigenvalue weighted by molar-refractivity contribution is -0.117. The van der Waals surface area contributed by atoms with E-state index in [9.17, 15) is 9.59 Å². The summed E-state index contributed by atoms with van der Waals surface area (Å²) in [6.07, 6.45) is -0.0236. The van der Waals surface area contributed by atoms with Gasteiger partial charge in [-0.2, -0.15) is 14.7 Å². The smallest absolute Gasteiger partial charge is 0.265 e. The number of hydrogen-bond donors (Lipinski definition) is 2. The van der Waals surface area contributed by atoms with Gasteiger partial charge in [0.1, 0.15) is 11.5 Å². The summed E-state index contributed by atoms with van der Waals surface area (Å²) in [4.78, 5) is 26.5. The molecular formula is C16H17N7O2. The van der Waals surface area contributed by atoms with Crippen molar-refractivity contribution in [3.05, 3.63) is 47.9 Å². The molecule has 0 saturated heterocycles. The third-order valence-corrected chi connectivity index (χ3v) is 3.43. The third kappa shape index (κ3) is 3.55. The van der Waals surface area contributed by atoms with Crippen LogP contribution in [0.25, 0.3) is 5.65 Å². The van der Waals surface area contributed by atoms with Gasteiger partial charge >= 0.3 is 0 Å². The summed E-state index contributed by atoms with van der Waals surface area (Å²) in [6.45, 7) is 3.85. The molecule has 1 aliphatic heterocycles. The van der Waals surface area contributed by atoms with Gasteiger partial charge in [0, 0.05) is 11.8 Å². The highest BCUT2D eigenvalue weighted by atomic mass is 16.2. The van der Waals surface area contributed by atoms with Crippen LogP contribution in [0, 0.1) is 13.8 Å². The van der Waals surface area contributed by atoms with E-state index in [1.54, 1.807) is 28.9 Å². The molecule has 1 aliphatic rings. The molecule has 3 N–H and O–H groups in total. The van der Waals surface area contributed by atoms with Crippen LogP contribution in [0.4, 0.5) is 5.69 Å². The molecule has 2 aromatic heterocycles. The molecule has 0 saturated carbocycles. The Morgan fingerprint density at radius 1 is 1.24 bits per heavy atom. The largest absolute Gasteiger partial charge is 0.364 e. The number of nitrogens with zero attached hydrogens (tertiary/aromatic N) is 5. The number of benzene rings is 1. The number of H-pyrrole nitrogens is 1. The highest BCUT2D eigenvalue weighted by Gasteiger charge is 2.27. The maximum atomic E-state index is 11.5. The fourth-order valence-corrected chi connectivity index (χ4v) is 2.34. The predicted molar refractivity (Wildman–Crippen MR) is 92.0 cm³/mol. The lowest BCUT2D eigenvalue weighted by atomic mass is 10.2. The van der Waals surface area contributed by atoms with E-state index in [0.29, 0.717) is 5.69 Å². The fourth-order valence-electron chi connectivity index (χ4n) is 2.34. The van der Waals surface area contributed by atoms with Crippen LogP contribution in [0.5, 0.6) is 0 Å². The summed E-state index contributed by atoms with van der Waals surface area (Å²) >= 11 is 0. The second-order valence-electron chi connectivity index (χ2n) is 5.50. The Morgan fingerprint density at radius 3 is 2.56 bits per heavy atom. The molecule has 9 nitrogen and oxygen atoms in total. The number of hydrogen-bond acceptors (Lipinski definition) is 5. The van der Waals surface area contributed by atoms with Gasteiger partial charge in [0.25, 0.3) is 11.8 Å². The van der Waals surface area contributed by atoms with E-state index >= 15 is 0 Å². The Kier molecular flexibility index (Phi) is 4.29. The van der Waals surface area contributed by atoms with Gasteiger partial charge in [-0.25, -0.2) is 4.98 Å². The van der Waals surface area contributed by atoms with Crippen molar-refractivity contribution in [3.63, 3.8) is 0 Å². The van der Waals surface area contributed by atoms with Crippen molar-refractivity contribution >= 4 is 28.9 Å². The second-order valence-corrected chi connectivity index (χ2v) is 5.50. The van der Waals surface area contributed by atoms with Gasteiger partial charge < -0.3 is 5.73 Å². The van der Waals surface area contributed by atoms with E-state index in [1.165, 1.54) is 5.01 Å². The van der Waals surface area contributed by atoms with E-state index < -0.39 is 5.91 Å². The minimum Gasteiger partial charge on any atom is -0.364 e. The first kappa shape index (κ1) is 16.4. The minimum atomic E-state index is -0.651. The first-order valence-electron chi connectivity index (χ1n) is 7.58. The van der Waals surface area contributed by atoms with Crippen LogP contribution in [0.3, 0.4) is 0 Å². The standard InChI is InChI=1S/C10H9N3O2.C6H8N4/c11-10(15)8-6-9(14)13(12-8)7-4-2-1-3-5-7;1-4-3-6-7-5(2)9-10(6)8-4/h1-5H,6H2,(H2,11,15);3,8H,1-2H3. The quantitative estimate of drug-likeness (QED) is 0.721. The number of para-hydroxylation sites is 1. The molecule has 2 amide bonds. The van der Waals surface area contributed by atoms with Crippen LogP contribution < -0.4 is 10.7 Å². The zero-order valence-corrected chi connectivity index (χ0v) is 13.8. The molecule has 3 aromatic rings. The van der Waals surface area contributed by atoms with Crippen molar-refractivity contribution in [1.29, 1.82) is 0 Å². The summed E-state index contributed by atoms with van der Waals surface area (Å²) < 4.78 is 1.67. The maximum Gasteiger partial charge on any atom is 0.265 e. The average Bonchev–Trinajstić information content (AvgIpc) is 3.21. The van der Waals surface area contributed by atoms with Crippen LogP contribution in [0.2, 0.25) is 0 Å². The second kappa shape index (κ2) is 6.56. The minimum absolute atomic E-state index is 0.0236. The molecule has 0 aliphatic carbocycles. The monoisotopic (exact) mass is 339 g/mol. The molecular weight excluding hydrogens is 322 g/mol. The van der Waals surface area contributed by atoms with E-state index in [-0.39, 0.29) is 18.0 Å². The lowest BCUT2D eigenvalue weighted by Gasteiger charge is -2.10. The van der Waals surface area contributed by atoms with Crippen molar-refractivity contribution in [2.75, 3.05) is 5.01 Å². The Labute approximate surface area is 143 Å². The summed E-state index contributed by atoms with van der Waals surface area (Å²) in [5.74, 6) is -0.0944. The van der Waals surface area contributed by atoms with E-state index in [1.807, 2.05) is 26.0 Å². The van der Waals surface area contributed by atoms with Gasteiger partial charge in [-0.3, -0.25) is 14.7 Å². The Morgan fingerprint density at radius 2 is 1.96 bits per heavy atom. The number of carbonyl (C=O) groups excluding carboxylic acids is 2. The van der Waals surface area contributed by atoms with Crippen LogP contribution in [0.1, 0.15) is 17.9 Å². The van der Waals surface area contributed by atoms with Crippen LogP contribution in [-0.2, 0) is 9.59 Å². The fraction of sp³-hybridized carbons (Fsp3) is 0.188. The summed E-state index contributed by atoms with van der Waals surface area (Å²) in [7, 11) is 0. The highest BCUT2D eigenvalue weighted by Crippen LogP contribution is 2.19. The normalized spacial score (nSPS) is 13.6. The van der Waals surface area contributed by atoms with Crippen molar-refractivity contribution in [2.24, 2.45) is 10.8 Å². The number of nitrogens with one attached hydrogen (secondary N) is 1. The van der Waals surface area contributed by atoms with Crippen molar-refractivity contribution in [2.45, 2.75) is 20.3 Å². The van der Waals surface area contributed by atoms with Gasteiger partial charge in [-0.1, -0.05) is 18.2 Å². The summed E-state index contributed by atoms with van der Waals surface area (Å²) in [5, 5.41) is 12.2. The number of aryl methyl sites for hydroxylation is 2. The molecule has 128 valence electrons. The first-order valence-corrected chi connectivity index (χ1v) is 7.58. The molecule has 9 heteroatoms. The molecule has 0 spiro atoms.